The van der Waals surface area contributed by atoms with Gasteiger partial charge in [0.05, 0.1) is 5.57 Å². The van der Waals surface area contributed by atoms with E-state index in [0.717, 1.165) is 16.7 Å². The Morgan fingerprint density at radius 3 is 2.63 bits per heavy atom. The minimum absolute atomic E-state index is 0.212. The molecule has 0 saturated carbocycles. The van der Waals surface area contributed by atoms with Gasteiger partial charge in [0.25, 0.3) is 0 Å². The summed E-state index contributed by atoms with van der Waals surface area (Å²) in [5.74, 6) is -0.0328. The highest BCUT2D eigenvalue weighted by Gasteiger charge is 2.35. The van der Waals surface area contributed by atoms with Crippen LogP contribution in [0.4, 0.5) is 5.82 Å². The lowest BCUT2D eigenvalue weighted by Gasteiger charge is -2.27. The van der Waals surface area contributed by atoms with Gasteiger partial charge in [0.2, 0.25) is 0 Å². The molecule has 0 spiro atoms. The minimum Gasteiger partial charge on any atom is -0.457 e. The second kappa shape index (κ2) is 7.29. The van der Waals surface area contributed by atoms with Crippen LogP contribution in [0.2, 0.25) is 5.02 Å². The number of carbonyl (C=O) groups is 1. The standard InChI is InChI=1S/C21H18ClN3O2/c1-13-18(21(26)27-12-14-7-3-2-4-8-14)19(15-9-5-6-10-17(15)22)16-11-23-25-20(16)24-13/h2-11,19H,12H2,1H3,(H2,23,24,25). The van der Waals surface area contributed by atoms with Gasteiger partial charge >= 0.3 is 5.97 Å². The summed E-state index contributed by atoms with van der Waals surface area (Å²) >= 11 is 6.46. The number of carbonyl (C=O) groups excluding carboxylic acids is 1. The van der Waals surface area contributed by atoms with Crippen molar-refractivity contribution in [1.29, 1.82) is 0 Å². The van der Waals surface area contributed by atoms with Crippen molar-refractivity contribution in [3.63, 3.8) is 0 Å². The maximum Gasteiger partial charge on any atom is 0.337 e. The normalized spacial score (nSPS) is 15.9. The van der Waals surface area contributed by atoms with Crippen molar-refractivity contribution in [2.45, 2.75) is 19.4 Å². The molecule has 0 radical (unpaired) electrons. The average Bonchev–Trinajstić information content (AvgIpc) is 3.14. The molecule has 1 aliphatic rings. The summed E-state index contributed by atoms with van der Waals surface area (Å²) in [5.41, 5.74) is 3.88. The predicted molar refractivity (Wildman–Crippen MR) is 104 cm³/mol. The van der Waals surface area contributed by atoms with Crippen LogP contribution in [-0.2, 0) is 16.1 Å². The van der Waals surface area contributed by atoms with Crippen molar-refractivity contribution in [1.82, 2.24) is 10.2 Å². The first-order valence-electron chi connectivity index (χ1n) is 8.62. The first-order valence-corrected chi connectivity index (χ1v) is 9.00. The van der Waals surface area contributed by atoms with E-state index in [4.69, 9.17) is 16.3 Å². The number of ether oxygens (including phenoxy) is 1. The molecule has 1 atom stereocenters. The van der Waals surface area contributed by atoms with Gasteiger partial charge in [-0.2, -0.15) is 5.10 Å². The second-order valence-corrected chi connectivity index (χ2v) is 6.78. The molecule has 3 aromatic rings. The first-order chi connectivity index (χ1) is 13.1. The number of rotatable bonds is 4. The molecule has 0 bridgehead atoms. The van der Waals surface area contributed by atoms with E-state index in [-0.39, 0.29) is 18.5 Å². The van der Waals surface area contributed by atoms with E-state index in [1.54, 1.807) is 6.20 Å². The number of nitrogens with zero attached hydrogens (tertiary/aromatic N) is 1. The number of aromatic nitrogens is 2. The SMILES string of the molecule is CC1=C(C(=O)OCc2ccccc2)C(c2ccccc2Cl)c2c[nH]nc2N1. The topological polar surface area (TPSA) is 67.0 Å². The summed E-state index contributed by atoms with van der Waals surface area (Å²) in [6, 6.07) is 17.1. The Balaban J connectivity index is 1.70. The molecule has 1 aliphatic heterocycles. The Morgan fingerprint density at radius 2 is 1.85 bits per heavy atom. The maximum absolute atomic E-state index is 13.0. The Hall–Kier alpha value is -3.05. The number of anilines is 1. The van der Waals surface area contributed by atoms with Crippen LogP contribution in [0.3, 0.4) is 0 Å². The number of allylic oxidation sites excluding steroid dienone is 1. The van der Waals surface area contributed by atoms with E-state index in [1.165, 1.54) is 0 Å². The van der Waals surface area contributed by atoms with E-state index >= 15 is 0 Å². The van der Waals surface area contributed by atoms with Crippen LogP contribution in [-0.4, -0.2) is 16.2 Å². The number of hydrogen-bond acceptors (Lipinski definition) is 4. The van der Waals surface area contributed by atoms with Crippen molar-refractivity contribution >= 4 is 23.4 Å². The highest BCUT2D eigenvalue weighted by Crippen LogP contribution is 2.43. The fraction of sp³-hybridized carbons (Fsp3) is 0.143. The third-order valence-electron chi connectivity index (χ3n) is 4.63. The number of aromatic amines is 1. The Bertz CT molecular complexity index is 1010. The summed E-state index contributed by atoms with van der Waals surface area (Å²) in [6.07, 6.45) is 1.78. The van der Waals surface area contributed by atoms with Crippen LogP contribution in [0.5, 0.6) is 0 Å². The molecule has 6 heteroatoms. The molecule has 1 aromatic heterocycles. The summed E-state index contributed by atoms with van der Waals surface area (Å²) < 4.78 is 5.61. The molecule has 2 heterocycles. The Labute approximate surface area is 162 Å². The van der Waals surface area contributed by atoms with Gasteiger partial charge in [-0.25, -0.2) is 4.79 Å². The number of benzene rings is 2. The number of nitrogens with one attached hydrogen (secondary N) is 2. The molecule has 2 aromatic carbocycles. The van der Waals surface area contributed by atoms with Crippen molar-refractivity contribution in [2.24, 2.45) is 0 Å². The third kappa shape index (κ3) is 3.34. The number of halogens is 1. The highest BCUT2D eigenvalue weighted by atomic mass is 35.5. The molecule has 27 heavy (non-hydrogen) atoms. The fourth-order valence-electron chi connectivity index (χ4n) is 3.34. The molecule has 136 valence electrons. The molecule has 4 rings (SSSR count). The lowest BCUT2D eigenvalue weighted by atomic mass is 9.83. The van der Waals surface area contributed by atoms with Crippen LogP contribution >= 0.6 is 11.6 Å². The van der Waals surface area contributed by atoms with Crippen molar-refractivity contribution in [2.75, 3.05) is 5.32 Å². The first kappa shape index (κ1) is 17.4. The quantitative estimate of drug-likeness (QED) is 0.648. The Morgan fingerprint density at radius 1 is 1.11 bits per heavy atom. The minimum atomic E-state index is -0.374. The lowest BCUT2D eigenvalue weighted by molar-refractivity contribution is -0.140. The molecular formula is C21H18ClN3O2. The van der Waals surface area contributed by atoms with Gasteiger partial charge in [-0.15, -0.1) is 0 Å². The average molecular weight is 380 g/mol. The van der Waals surface area contributed by atoms with Crippen LogP contribution < -0.4 is 5.32 Å². The molecule has 2 N–H and O–H groups in total. The van der Waals surface area contributed by atoms with Gasteiger partial charge < -0.3 is 10.1 Å². The molecule has 0 fully saturated rings. The molecule has 0 saturated heterocycles. The molecule has 0 aliphatic carbocycles. The molecule has 5 nitrogen and oxygen atoms in total. The van der Waals surface area contributed by atoms with Gasteiger partial charge in [-0.3, -0.25) is 5.10 Å². The fourth-order valence-corrected chi connectivity index (χ4v) is 3.59. The Kier molecular flexibility index (Phi) is 4.69. The number of hydrogen-bond donors (Lipinski definition) is 2. The van der Waals surface area contributed by atoms with Gasteiger partial charge in [-0.05, 0) is 24.1 Å². The summed E-state index contributed by atoms with van der Waals surface area (Å²) in [5, 5.41) is 10.9. The van der Waals surface area contributed by atoms with Crippen molar-refractivity contribution in [3.8, 4) is 0 Å². The van der Waals surface area contributed by atoms with E-state index in [0.29, 0.717) is 22.1 Å². The maximum atomic E-state index is 13.0. The monoisotopic (exact) mass is 379 g/mol. The second-order valence-electron chi connectivity index (χ2n) is 6.37. The zero-order chi connectivity index (χ0) is 18.8. The third-order valence-corrected chi connectivity index (χ3v) is 4.97. The molecular weight excluding hydrogens is 362 g/mol. The van der Waals surface area contributed by atoms with Gasteiger partial charge in [0, 0.05) is 28.4 Å². The molecule has 0 amide bonds. The summed E-state index contributed by atoms with van der Waals surface area (Å²) in [7, 11) is 0. The summed E-state index contributed by atoms with van der Waals surface area (Å²) in [4.78, 5) is 13.0. The van der Waals surface area contributed by atoms with Crippen molar-refractivity contribution in [3.05, 3.63) is 93.8 Å². The predicted octanol–water partition coefficient (Wildman–Crippen LogP) is 4.64. The van der Waals surface area contributed by atoms with Gasteiger partial charge in [0.1, 0.15) is 6.61 Å². The number of fused-ring (bicyclic) bond motifs is 1. The van der Waals surface area contributed by atoms with Crippen molar-refractivity contribution < 1.29 is 9.53 Å². The van der Waals surface area contributed by atoms with Crippen LogP contribution in [0, 0.1) is 0 Å². The smallest absolute Gasteiger partial charge is 0.337 e. The highest BCUT2D eigenvalue weighted by molar-refractivity contribution is 6.31. The van der Waals surface area contributed by atoms with Crippen LogP contribution in [0.1, 0.15) is 29.5 Å². The number of H-pyrrole nitrogens is 1. The van der Waals surface area contributed by atoms with Crippen LogP contribution in [0.15, 0.2) is 72.1 Å². The van der Waals surface area contributed by atoms with E-state index < -0.39 is 0 Å². The lowest BCUT2D eigenvalue weighted by Crippen LogP contribution is -2.24. The zero-order valence-electron chi connectivity index (χ0n) is 14.7. The van der Waals surface area contributed by atoms with E-state index in [1.807, 2.05) is 61.5 Å². The van der Waals surface area contributed by atoms with Gasteiger partial charge in [0.15, 0.2) is 5.82 Å². The zero-order valence-corrected chi connectivity index (χ0v) is 15.5. The van der Waals surface area contributed by atoms with Gasteiger partial charge in [-0.1, -0.05) is 60.1 Å². The number of esters is 1. The van der Waals surface area contributed by atoms with Crippen LogP contribution in [0.25, 0.3) is 0 Å². The van der Waals surface area contributed by atoms with E-state index in [2.05, 4.69) is 15.5 Å². The largest absolute Gasteiger partial charge is 0.457 e. The molecule has 1 unspecified atom stereocenters. The summed E-state index contributed by atoms with van der Waals surface area (Å²) in [6.45, 7) is 2.06. The van der Waals surface area contributed by atoms with E-state index in [9.17, 15) is 4.79 Å².